The Bertz CT molecular complexity index is 1150. The van der Waals surface area contributed by atoms with Crippen LogP contribution in [-0.2, 0) is 17.9 Å². The summed E-state index contributed by atoms with van der Waals surface area (Å²) in [5.41, 5.74) is 3.34. The molecule has 30 heavy (non-hydrogen) atoms. The standard InChI is InChI=1S/C21H19N5O3S/c1-27-15-7-3-13(4-8-15)18-11-26-17(12-28-18)19(23-25-26)21-22-20(24-29-21)14-5-9-16(30-2)10-6-14/h3-10,18H,11-12H2,1-2H3. The van der Waals surface area contributed by atoms with Crippen LogP contribution in [0, 0.1) is 0 Å². The summed E-state index contributed by atoms with van der Waals surface area (Å²) in [4.78, 5) is 5.69. The summed E-state index contributed by atoms with van der Waals surface area (Å²) in [5, 5.41) is 12.7. The van der Waals surface area contributed by atoms with Gasteiger partial charge in [-0.05, 0) is 48.2 Å². The number of rotatable bonds is 5. The summed E-state index contributed by atoms with van der Waals surface area (Å²) in [7, 11) is 1.65. The van der Waals surface area contributed by atoms with E-state index in [0.717, 1.165) is 22.6 Å². The van der Waals surface area contributed by atoms with E-state index in [9.17, 15) is 0 Å². The summed E-state index contributed by atoms with van der Waals surface area (Å²) in [6, 6.07) is 15.9. The molecule has 1 aliphatic heterocycles. The number of ether oxygens (including phenoxy) is 2. The zero-order chi connectivity index (χ0) is 20.5. The molecular weight excluding hydrogens is 402 g/mol. The number of thioether (sulfide) groups is 1. The number of hydrogen-bond donors (Lipinski definition) is 0. The van der Waals surface area contributed by atoms with Crippen LogP contribution in [0.2, 0.25) is 0 Å². The Morgan fingerprint density at radius 2 is 1.90 bits per heavy atom. The van der Waals surface area contributed by atoms with Gasteiger partial charge in [-0.1, -0.05) is 22.5 Å². The molecule has 0 saturated heterocycles. The van der Waals surface area contributed by atoms with Gasteiger partial charge in [0.15, 0.2) is 5.69 Å². The van der Waals surface area contributed by atoms with Crippen molar-refractivity contribution in [1.29, 1.82) is 0 Å². The maximum atomic E-state index is 6.07. The predicted molar refractivity (Wildman–Crippen MR) is 111 cm³/mol. The van der Waals surface area contributed by atoms with E-state index in [1.165, 1.54) is 4.90 Å². The van der Waals surface area contributed by atoms with E-state index in [2.05, 4.69) is 20.5 Å². The molecule has 0 N–H and O–H groups in total. The first-order chi connectivity index (χ1) is 14.7. The first-order valence-electron chi connectivity index (χ1n) is 9.41. The summed E-state index contributed by atoms with van der Waals surface area (Å²) < 4.78 is 18.6. The van der Waals surface area contributed by atoms with Gasteiger partial charge in [0.1, 0.15) is 11.9 Å². The first kappa shape index (κ1) is 18.8. The summed E-state index contributed by atoms with van der Waals surface area (Å²) in [5.74, 6) is 1.67. The van der Waals surface area contributed by atoms with Crippen molar-refractivity contribution in [3.8, 4) is 28.7 Å². The van der Waals surface area contributed by atoms with Crippen LogP contribution in [0.4, 0.5) is 0 Å². The van der Waals surface area contributed by atoms with E-state index in [0.29, 0.717) is 30.6 Å². The van der Waals surface area contributed by atoms with Gasteiger partial charge in [-0.3, -0.25) is 0 Å². The molecule has 0 radical (unpaired) electrons. The number of fused-ring (bicyclic) bond motifs is 1. The Morgan fingerprint density at radius 3 is 2.63 bits per heavy atom. The number of nitrogens with zero attached hydrogens (tertiary/aromatic N) is 5. The summed E-state index contributed by atoms with van der Waals surface area (Å²) >= 11 is 1.69. The second-order valence-corrected chi connectivity index (χ2v) is 7.67. The highest BCUT2D eigenvalue weighted by Gasteiger charge is 2.28. The van der Waals surface area contributed by atoms with Crippen LogP contribution in [-0.4, -0.2) is 38.5 Å². The lowest BCUT2D eigenvalue weighted by Gasteiger charge is -2.24. The van der Waals surface area contributed by atoms with Crippen molar-refractivity contribution >= 4 is 11.8 Å². The molecule has 5 rings (SSSR count). The Morgan fingerprint density at radius 1 is 1.10 bits per heavy atom. The van der Waals surface area contributed by atoms with Crippen molar-refractivity contribution in [3.05, 3.63) is 59.8 Å². The second-order valence-electron chi connectivity index (χ2n) is 6.79. The zero-order valence-electron chi connectivity index (χ0n) is 16.5. The molecule has 0 bridgehead atoms. The molecule has 8 nitrogen and oxygen atoms in total. The third kappa shape index (κ3) is 3.46. The van der Waals surface area contributed by atoms with E-state index >= 15 is 0 Å². The zero-order valence-corrected chi connectivity index (χ0v) is 17.3. The van der Waals surface area contributed by atoms with Crippen LogP contribution in [0.1, 0.15) is 17.4 Å². The van der Waals surface area contributed by atoms with Crippen LogP contribution in [0.5, 0.6) is 5.75 Å². The molecule has 0 aliphatic carbocycles. The average Bonchev–Trinajstić information content (AvgIpc) is 3.46. The third-order valence-corrected chi connectivity index (χ3v) is 5.81. The van der Waals surface area contributed by atoms with Crippen molar-refractivity contribution in [3.63, 3.8) is 0 Å². The molecule has 0 fully saturated rings. The fourth-order valence-electron chi connectivity index (χ4n) is 3.37. The minimum Gasteiger partial charge on any atom is -0.497 e. The SMILES string of the molecule is COc1ccc(C2Cn3nnc(-c4nc(-c5ccc(SC)cc5)no4)c3CO2)cc1. The molecule has 2 aromatic carbocycles. The second kappa shape index (κ2) is 7.92. The van der Waals surface area contributed by atoms with Gasteiger partial charge in [-0.25, -0.2) is 4.68 Å². The average molecular weight is 421 g/mol. The maximum absolute atomic E-state index is 6.07. The van der Waals surface area contributed by atoms with Crippen molar-refractivity contribution in [2.24, 2.45) is 0 Å². The number of aromatic nitrogens is 5. The first-order valence-corrected chi connectivity index (χ1v) is 10.6. The molecule has 0 saturated carbocycles. The van der Waals surface area contributed by atoms with Gasteiger partial charge in [0.05, 0.1) is 26.0 Å². The van der Waals surface area contributed by atoms with Crippen molar-refractivity contribution in [1.82, 2.24) is 25.1 Å². The van der Waals surface area contributed by atoms with Gasteiger partial charge < -0.3 is 14.0 Å². The molecule has 1 atom stereocenters. The topological polar surface area (TPSA) is 88.1 Å². The summed E-state index contributed by atoms with van der Waals surface area (Å²) in [6.07, 6.45) is 1.93. The van der Waals surface area contributed by atoms with Gasteiger partial charge in [-0.15, -0.1) is 16.9 Å². The number of benzene rings is 2. The van der Waals surface area contributed by atoms with E-state index in [4.69, 9.17) is 14.0 Å². The smallest absolute Gasteiger partial charge is 0.280 e. The van der Waals surface area contributed by atoms with Crippen LogP contribution < -0.4 is 4.74 Å². The van der Waals surface area contributed by atoms with Gasteiger partial charge >= 0.3 is 0 Å². The molecule has 4 aromatic rings. The van der Waals surface area contributed by atoms with E-state index < -0.39 is 0 Å². The largest absolute Gasteiger partial charge is 0.497 e. The molecule has 1 unspecified atom stereocenters. The molecule has 152 valence electrons. The lowest BCUT2D eigenvalue weighted by molar-refractivity contribution is -0.00119. The Hall–Kier alpha value is -3.17. The minimum atomic E-state index is -0.105. The monoisotopic (exact) mass is 421 g/mol. The Labute approximate surface area is 177 Å². The quantitative estimate of drug-likeness (QED) is 0.447. The molecule has 9 heteroatoms. The lowest BCUT2D eigenvalue weighted by Crippen LogP contribution is -2.22. The normalized spacial score (nSPS) is 15.7. The lowest BCUT2D eigenvalue weighted by atomic mass is 10.1. The highest BCUT2D eigenvalue weighted by Crippen LogP contribution is 2.31. The fourth-order valence-corrected chi connectivity index (χ4v) is 3.78. The van der Waals surface area contributed by atoms with Crippen LogP contribution in [0.3, 0.4) is 0 Å². The van der Waals surface area contributed by atoms with Crippen molar-refractivity contribution in [2.45, 2.75) is 24.2 Å². The highest BCUT2D eigenvalue weighted by molar-refractivity contribution is 7.98. The molecule has 2 aromatic heterocycles. The molecule has 0 spiro atoms. The minimum absolute atomic E-state index is 0.105. The third-order valence-electron chi connectivity index (χ3n) is 5.06. The van der Waals surface area contributed by atoms with Gasteiger partial charge in [0, 0.05) is 10.5 Å². The van der Waals surface area contributed by atoms with Gasteiger partial charge in [-0.2, -0.15) is 4.98 Å². The van der Waals surface area contributed by atoms with Crippen LogP contribution in [0.25, 0.3) is 23.0 Å². The molecule has 1 aliphatic rings. The number of hydrogen-bond acceptors (Lipinski definition) is 8. The van der Waals surface area contributed by atoms with E-state index in [1.54, 1.807) is 18.9 Å². The molecular formula is C21H19N5O3S. The Kier molecular flexibility index (Phi) is 4.97. The predicted octanol–water partition coefficient (Wildman–Crippen LogP) is 4.00. The molecule has 0 amide bonds. The fraction of sp³-hybridized carbons (Fsp3) is 0.238. The summed E-state index contributed by atoms with van der Waals surface area (Å²) in [6.45, 7) is 0.922. The van der Waals surface area contributed by atoms with Crippen molar-refractivity contribution < 1.29 is 14.0 Å². The highest BCUT2D eigenvalue weighted by atomic mass is 32.2. The maximum Gasteiger partial charge on any atom is 0.280 e. The van der Waals surface area contributed by atoms with Gasteiger partial charge in [0.25, 0.3) is 5.89 Å². The Balaban J connectivity index is 1.37. The van der Waals surface area contributed by atoms with Gasteiger partial charge in [0.2, 0.25) is 5.82 Å². The van der Waals surface area contributed by atoms with Crippen LogP contribution >= 0.6 is 11.8 Å². The van der Waals surface area contributed by atoms with E-state index in [1.807, 2.05) is 59.5 Å². The molecule has 3 heterocycles. The van der Waals surface area contributed by atoms with E-state index in [-0.39, 0.29) is 6.10 Å². The van der Waals surface area contributed by atoms with Crippen molar-refractivity contribution in [2.75, 3.05) is 13.4 Å². The van der Waals surface area contributed by atoms with Crippen LogP contribution in [0.15, 0.2) is 57.9 Å². The number of methoxy groups -OCH3 is 1.